The molecule has 0 aliphatic carbocycles. The molecule has 2 heterocycles. The smallest absolute Gasteiger partial charge is 0.315 e. The van der Waals surface area contributed by atoms with Gasteiger partial charge in [-0.15, -0.1) is 0 Å². The number of amides is 2. The van der Waals surface area contributed by atoms with Crippen molar-refractivity contribution in [1.82, 2.24) is 10.6 Å². The molecule has 180 valence electrons. The maximum Gasteiger partial charge on any atom is 0.315 e. The number of hydrogen-bond acceptors (Lipinski definition) is 7. The topological polar surface area (TPSA) is 119 Å². The van der Waals surface area contributed by atoms with Crippen molar-refractivity contribution in [1.29, 1.82) is 0 Å². The highest BCUT2D eigenvalue weighted by atomic mass is 32.2. The van der Waals surface area contributed by atoms with Crippen molar-refractivity contribution in [3.05, 3.63) is 0 Å². The summed E-state index contributed by atoms with van der Waals surface area (Å²) in [6, 6.07) is 0.355. The summed E-state index contributed by atoms with van der Waals surface area (Å²) in [6.45, 7) is 1.22. The lowest BCUT2D eigenvalue weighted by Crippen LogP contribution is -2.36. The molecule has 0 aromatic heterocycles. The maximum atomic E-state index is 12.1. The van der Waals surface area contributed by atoms with Gasteiger partial charge in [-0.1, -0.05) is 32.1 Å². The number of ketones is 2. The predicted octanol–water partition coefficient (Wildman–Crippen LogP) is 3.45. The molecular weight excluding hydrogens is 432 g/mol. The molecular formula is C23H36N2O6S. The van der Waals surface area contributed by atoms with Crippen LogP contribution in [0.2, 0.25) is 0 Å². The lowest BCUT2D eigenvalue weighted by Gasteiger charge is -2.16. The quantitative estimate of drug-likeness (QED) is 0.154. The van der Waals surface area contributed by atoms with Gasteiger partial charge in [0.15, 0.2) is 0 Å². The van der Waals surface area contributed by atoms with Gasteiger partial charge in [-0.05, 0) is 25.7 Å². The fourth-order valence-corrected chi connectivity index (χ4v) is 5.76. The van der Waals surface area contributed by atoms with Crippen LogP contribution in [0.1, 0.15) is 90.4 Å². The first-order valence-electron chi connectivity index (χ1n) is 11.8. The Hall–Kier alpha value is -1.90. The second kappa shape index (κ2) is 14.3. The summed E-state index contributed by atoms with van der Waals surface area (Å²) in [5.74, 6) is -0.0518. The molecule has 32 heavy (non-hydrogen) atoms. The zero-order valence-electron chi connectivity index (χ0n) is 19.0. The van der Waals surface area contributed by atoms with Gasteiger partial charge in [0.25, 0.3) is 0 Å². The van der Waals surface area contributed by atoms with Crippen LogP contribution in [0.3, 0.4) is 0 Å². The van der Waals surface area contributed by atoms with Gasteiger partial charge in [-0.3, -0.25) is 19.2 Å². The van der Waals surface area contributed by atoms with Gasteiger partial charge < -0.3 is 15.4 Å². The van der Waals surface area contributed by atoms with Gasteiger partial charge in [0.05, 0.1) is 18.5 Å². The van der Waals surface area contributed by atoms with Crippen LogP contribution in [0.25, 0.3) is 0 Å². The van der Waals surface area contributed by atoms with Crippen molar-refractivity contribution in [3.63, 3.8) is 0 Å². The van der Waals surface area contributed by atoms with E-state index in [4.69, 9.17) is 0 Å². The number of thioether (sulfide) groups is 1. The van der Waals surface area contributed by atoms with Crippen molar-refractivity contribution in [2.24, 2.45) is 0 Å². The normalized spacial score (nSPS) is 21.5. The third-order valence-electron chi connectivity index (χ3n) is 5.87. The lowest BCUT2D eigenvalue weighted by atomic mass is 10.0. The largest absolute Gasteiger partial charge is 0.393 e. The van der Waals surface area contributed by atoms with Crippen molar-refractivity contribution in [2.75, 3.05) is 5.75 Å². The van der Waals surface area contributed by atoms with Gasteiger partial charge >= 0.3 is 18.0 Å². The first-order valence-corrected chi connectivity index (χ1v) is 12.8. The molecule has 2 amide bonds. The van der Waals surface area contributed by atoms with E-state index in [1.165, 1.54) is 6.92 Å². The van der Waals surface area contributed by atoms with Gasteiger partial charge in [-0.25, -0.2) is 4.79 Å². The van der Waals surface area contributed by atoms with E-state index >= 15 is 0 Å². The number of carbonyl (C=O) groups excluding carboxylic acids is 5. The Labute approximate surface area is 194 Å². The molecule has 2 rings (SSSR count). The Morgan fingerprint density at radius 2 is 1.47 bits per heavy atom. The number of esters is 2. The Morgan fingerprint density at radius 1 is 0.875 bits per heavy atom. The summed E-state index contributed by atoms with van der Waals surface area (Å²) in [5, 5.41) is 6.32. The minimum atomic E-state index is -0.572. The molecule has 0 aromatic carbocycles. The number of carbonyl (C=O) groups is 5. The van der Waals surface area contributed by atoms with E-state index in [-0.39, 0.29) is 42.5 Å². The van der Waals surface area contributed by atoms with E-state index in [0.29, 0.717) is 24.5 Å². The third kappa shape index (κ3) is 10.1. The van der Waals surface area contributed by atoms with Crippen LogP contribution < -0.4 is 10.6 Å². The number of ether oxygens (including phenoxy) is 1. The molecule has 2 fully saturated rings. The summed E-state index contributed by atoms with van der Waals surface area (Å²) in [5.41, 5.74) is 0. The average Bonchev–Trinajstić information content (AvgIpc) is 3.26. The van der Waals surface area contributed by atoms with E-state index in [2.05, 4.69) is 15.4 Å². The molecule has 0 saturated carbocycles. The van der Waals surface area contributed by atoms with E-state index in [1.807, 2.05) is 11.8 Å². The van der Waals surface area contributed by atoms with Crippen molar-refractivity contribution >= 4 is 41.3 Å². The minimum absolute atomic E-state index is 0.0240. The molecule has 2 N–H and O–H groups in total. The molecule has 2 aliphatic rings. The summed E-state index contributed by atoms with van der Waals surface area (Å²) >= 11 is 1.88. The second-order valence-corrected chi connectivity index (χ2v) is 9.98. The molecule has 3 atom stereocenters. The van der Waals surface area contributed by atoms with Crippen LogP contribution >= 0.6 is 11.8 Å². The highest BCUT2D eigenvalue weighted by Gasteiger charge is 2.42. The number of urea groups is 1. The number of unbranched alkanes of at least 4 members (excludes halogenated alkanes) is 6. The SMILES string of the molecule is CC(=O)OC(=O)CCCCCCCCC(=O)CC(=O)CCCCC1SCC2NC(=O)NC21. The molecule has 3 unspecified atom stereocenters. The Kier molecular flexibility index (Phi) is 11.8. The number of nitrogens with one attached hydrogen (secondary N) is 2. The standard InChI is InChI=1S/C23H36N2O6S/c1-16(26)31-21(29)13-7-5-3-2-4-6-10-17(27)14-18(28)11-8-9-12-20-22-19(15-32-20)24-23(30)25-22/h19-20,22H,2-15H2,1H3,(H2,24,25,30). The number of hydrogen-bond donors (Lipinski definition) is 2. The predicted molar refractivity (Wildman–Crippen MR) is 122 cm³/mol. The van der Waals surface area contributed by atoms with E-state index in [0.717, 1.165) is 57.1 Å². The fraction of sp³-hybridized carbons (Fsp3) is 0.783. The molecule has 8 nitrogen and oxygen atoms in total. The van der Waals surface area contributed by atoms with Crippen LogP contribution in [0.4, 0.5) is 4.79 Å². The average molecular weight is 469 g/mol. The Balaban J connectivity index is 1.40. The molecule has 2 aliphatic heterocycles. The molecule has 0 radical (unpaired) electrons. The van der Waals surface area contributed by atoms with Crippen molar-refractivity contribution in [3.8, 4) is 0 Å². The van der Waals surface area contributed by atoms with Crippen molar-refractivity contribution < 1.29 is 28.7 Å². The Bertz CT molecular complexity index is 683. The molecule has 0 bridgehead atoms. The summed E-state index contributed by atoms with van der Waals surface area (Å²) in [4.78, 5) is 57.3. The highest BCUT2D eigenvalue weighted by molar-refractivity contribution is 8.00. The van der Waals surface area contributed by atoms with Crippen LogP contribution in [0.15, 0.2) is 0 Å². The zero-order valence-corrected chi connectivity index (χ0v) is 19.8. The van der Waals surface area contributed by atoms with Gasteiger partial charge in [0, 0.05) is 37.2 Å². The lowest BCUT2D eigenvalue weighted by molar-refractivity contribution is -0.158. The molecule has 0 aromatic rings. The number of fused-ring (bicyclic) bond motifs is 1. The van der Waals surface area contributed by atoms with Crippen LogP contribution in [-0.2, 0) is 23.9 Å². The van der Waals surface area contributed by atoms with E-state index < -0.39 is 11.9 Å². The van der Waals surface area contributed by atoms with Crippen LogP contribution in [0, 0.1) is 0 Å². The summed E-state index contributed by atoms with van der Waals surface area (Å²) < 4.78 is 4.47. The van der Waals surface area contributed by atoms with Gasteiger partial charge in [-0.2, -0.15) is 11.8 Å². The molecule has 0 spiro atoms. The number of Topliss-reactive ketones (excluding diaryl/α,β-unsaturated/α-hetero) is 2. The van der Waals surface area contributed by atoms with E-state index in [1.54, 1.807) is 0 Å². The van der Waals surface area contributed by atoms with Gasteiger partial charge in [0.1, 0.15) is 11.6 Å². The first-order chi connectivity index (χ1) is 15.3. The minimum Gasteiger partial charge on any atom is -0.393 e. The highest BCUT2D eigenvalue weighted by Crippen LogP contribution is 2.33. The zero-order chi connectivity index (χ0) is 23.3. The van der Waals surface area contributed by atoms with Gasteiger partial charge in [0.2, 0.25) is 0 Å². The van der Waals surface area contributed by atoms with Crippen LogP contribution in [-0.4, -0.2) is 52.6 Å². The summed E-state index contributed by atoms with van der Waals surface area (Å²) in [6.07, 6.45) is 9.19. The first kappa shape index (κ1) is 26.4. The fourth-order valence-electron chi connectivity index (χ4n) is 4.22. The van der Waals surface area contributed by atoms with Crippen molar-refractivity contribution in [2.45, 2.75) is 108 Å². The second-order valence-electron chi connectivity index (χ2n) is 8.71. The molecule has 9 heteroatoms. The third-order valence-corrected chi connectivity index (χ3v) is 7.38. The van der Waals surface area contributed by atoms with E-state index in [9.17, 15) is 24.0 Å². The monoisotopic (exact) mass is 468 g/mol. The number of rotatable bonds is 16. The summed E-state index contributed by atoms with van der Waals surface area (Å²) in [7, 11) is 0. The molecule has 2 saturated heterocycles. The Morgan fingerprint density at radius 3 is 2.12 bits per heavy atom. The van der Waals surface area contributed by atoms with Crippen LogP contribution in [0.5, 0.6) is 0 Å². The maximum absolute atomic E-state index is 12.1.